The molecule has 1 aliphatic rings. The van der Waals surface area contributed by atoms with Gasteiger partial charge < -0.3 is 14.8 Å². The van der Waals surface area contributed by atoms with Gasteiger partial charge in [-0.1, -0.05) is 35.2 Å². The summed E-state index contributed by atoms with van der Waals surface area (Å²) < 4.78 is 11.3. The van der Waals surface area contributed by atoms with Crippen molar-refractivity contribution in [1.29, 1.82) is 0 Å². The number of amides is 1. The third-order valence-electron chi connectivity index (χ3n) is 4.54. The first-order chi connectivity index (χ1) is 12.5. The van der Waals surface area contributed by atoms with E-state index in [9.17, 15) is 9.59 Å². The summed E-state index contributed by atoms with van der Waals surface area (Å²) in [6.45, 7) is 2.24. The molecule has 26 heavy (non-hydrogen) atoms. The minimum Gasteiger partial charge on any atom is -0.496 e. The van der Waals surface area contributed by atoms with Crippen molar-refractivity contribution in [2.24, 2.45) is 5.92 Å². The fourth-order valence-electron chi connectivity index (χ4n) is 3.04. The number of carbonyl (C=O) groups is 2. The van der Waals surface area contributed by atoms with E-state index >= 15 is 0 Å². The lowest BCUT2D eigenvalue weighted by Crippen LogP contribution is -2.38. The normalized spacial score (nSPS) is 16.3. The van der Waals surface area contributed by atoms with Crippen molar-refractivity contribution >= 4 is 33.9 Å². The average Bonchev–Trinajstić information content (AvgIpc) is 2.65. The second kappa shape index (κ2) is 10.4. The molecule has 0 spiro atoms. The van der Waals surface area contributed by atoms with E-state index in [1.165, 1.54) is 25.3 Å². The molecule has 1 saturated carbocycles. The Morgan fingerprint density at radius 1 is 1.31 bits per heavy atom. The molecule has 6 heteroatoms. The summed E-state index contributed by atoms with van der Waals surface area (Å²) in [5, 5.41) is 2.89. The minimum absolute atomic E-state index is 0.252. The average molecular weight is 424 g/mol. The number of rotatable bonds is 7. The Kier molecular flexibility index (Phi) is 8.16. The van der Waals surface area contributed by atoms with Gasteiger partial charge in [-0.2, -0.15) is 0 Å². The second-order valence-electron chi connectivity index (χ2n) is 6.55. The number of esters is 1. The van der Waals surface area contributed by atoms with Crippen LogP contribution in [0.2, 0.25) is 0 Å². The Morgan fingerprint density at radius 3 is 2.73 bits per heavy atom. The highest BCUT2D eigenvalue weighted by Gasteiger charge is 2.19. The van der Waals surface area contributed by atoms with Gasteiger partial charge in [0.2, 0.25) is 0 Å². The van der Waals surface area contributed by atoms with Gasteiger partial charge in [0.25, 0.3) is 5.91 Å². The van der Waals surface area contributed by atoms with Gasteiger partial charge >= 0.3 is 5.97 Å². The number of hydrogen-bond acceptors (Lipinski definition) is 4. The molecule has 5 nitrogen and oxygen atoms in total. The number of halogens is 1. The van der Waals surface area contributed by atoms with Crippen molar-refractivity contribution in [3.8, 4) is 5.75 Å². The van der Waals surface area contributed by atoms with Gasteiger partial charge in [0, 0.05) is 22.7 Å². The highest BCUT2D eigenvalue weighted by molar-refractivity contribution is 9.10. The first-order valence-corrected chi connectivity index (χ1v) is 9.79. The van der Waals surface area contributed by atoms with Crippen LogP contribution in [0, 0.1) is 5.92 Å². The first kappa shape index (κ1) is 20.5. The summed E-state index contributed by atoms with van der Waals surface area (Å²) in [6, 6.07) is 5.49. The zero-order valence-corrected chi connectivity index (χ0v) is 16.9. The van der Waals surface area contributed by atoms with Crippen molar-refractivity contribution in [2.45, 2.75) is 45.1 Å². The largest absolute Gasteiger partial charge is 0.496 e. The van der Waals surface area contributed by atoms with Crippen molar-refractivity contribution in [3.05, 3.63) is 34.3 Å². The van der Waals surface area contributed by atoms with Crippen molar-refractivity contribution in [2.75, 3.05) is 13.7 Å². The van der Waals surface area contributed by atoms with E-state index in [0.29, 0.717) is 18.2 Å². The molecule has 1 aromatic rings. The van der Waals surface area contributed by atoms with Crippen LogP contribution in [0.25, 0.3) is 6.08 Å². The molecule has 1 atom stereocenters. The SMILES string of the molecule is COc1ccc(Br)cc1/C=C/C(=O)O[C@H](C)C(=O)NCC1CCCCC1. The topological polar surface area (TPSA) is 64.6 Å². The molecule has 1 N–H and O–H groups in total. The highest BCUT2D eigenvalue weighted by atomic mass is 79.9. The summed E-state index contributed by atoms with van der Waals surface area (Å²) in [4.78, 5) is 24.1. The lowest BCUT2D eigenvalue weighted by molar-refractivity contribution is -0.150. The van der Waals surface area contributed by atoms with E-state index < -0.39 is 12.1 Å². The first-order valence-electron chi connectivity index (χ1n) is 8.99. The molecule has 142 valence electrons. The smallest absolute Gasteiger partial charge is 0.331 e. The van der Waals surface area contributed by atoms with Gasteiger partial charge in [-0.3, -0.25) is 4.79 Å². The number of ether oxygens (including phenoxy) is 2. The maximum Gasteiger partial charge on any atom is 0.331 e. The van der Waals surface area contributed by atoms with Crippen LogP contribution < -0.4 is 10.1 Å². The van der Waals surface area contributed by atoms with Crippen LogP contribution >= 0.6 is 15.9 Å². The third kappa shape index (κ3) is 6.48. The standard InChI is InChI=1S/C20H26BrNO4/c1-14(20(24)22-13-15-6-4-3-5-7-15)26-19(23)11-8-16-12-17(21)9-10-18(16)25-2/h8-12,14-15H,3-7,13H2,1-2H3,(H,22,24)/b11-8+/t14-/m1/s1. The molecular weight excluding hydrogens is 398 g/mol. The third-order valence-corrected chi connectivity index (χ3v) is 5.04. The summed E-state index contributed by atoms with van der Waals surface area (Å²) >= 11 is 3.38. The van der Waals surface area contributed by atoms with Gasteiger partial charge in [-0.25, -0.2) is 4.79 Å². The van der Waals surface area contributed by atoms with E-state index in [1.807, 2.05) is 12.1 Å². The number of methoxy groups -OCH3 is 1. The maximum absolute atomic E-state index is 12.1. The number of hydrogen-bond donors (Lipinski definition) is 1. The number of nitrogens with one attached hydrogen (secondary N) is 1. The minimum atomic E-state index is -0.819. The summed E-state index contributed by atoms with van der Waals surface area (Å²) in [7, 11) is 1.57. The molecule has 0 heterocycles. The lowest BCUT2D eigenvalue weighted by atomic mass is 9.89. The quantitative estimate of drug-likeness (QED) is 0.529. The highest BCUT2D eigenvalue weighted by Crippen LogP contribution is 2.24. The predicted octanol–water partition coefficient (Wildman–Crippen LogP) is 4.10. The summed E-state index contributed by atoms with van der Waals surface area (Å²) in [5.74, 6) is 0.375. The van der Waals surface area contributed by atoms with Crippen LogP contribution in [0.5, 0.6) is 5.75 Å². The van der Waals surface area contributed by atoms with E-state index in [2.05, 4.69) is 21.2 Å². The lowest BCUT2D eigenvalue weighted by Gasteiger charge is -2.22. The Balaban J connectivity index is 1.82. The van der Waals surface area contributed by atoms with Crippen LogP contribution in [0.15, 0.2) is 28.7 Å². The molecule has 0 radical (unpaired) electrons. The van der Waals surface area contributed by atoms with Crippen LogP contribution in [0.4, 0.5) is 0 Å². The van der Waals surface area contributed by atoms with E-state index in [1.54, 1.807) is 26.2 Å². The molecule has 1 amide bonds. The molecule has 2 rings (SSSR count). The van der Waals surface area contributed by atoms with Gasteiger partial charge in [-0.05, 0) is 50.0 Å². The van der Waals surface area contributed by atoms with Gasteiger partial charge in [0.15, 0.2) is 6.10 Å². The Morgan fingerprint density at radius 2 is 2.04 bits per heavy atom. The van der Waals surface area contributed by atoms with E-state index in [4.69, 9.17) is 9.47 Å². The van der Waals surface area contributed by atoms with Gasteiger partial charge in [-0.15, -0.1) is 0 Å². The van der Waals surface area contributed by atoms with Crippen LogP contribution in [-0.4, -0.2) is 31.6 Å². The molecule has 1 fully saturated rings. The van der Waals surface area contributed by atoms with Crippen LogP contribution in [-0.2, 0) is 14.3 Å². The number of benzene rings is 1. The zero-order valence-electron chi connectivity index (χ0n) is 15.3. The van der Waals surface area contributed by atoms with E-state index in [-0.39, 0.29) is 5.91 Å². The molecule has 0 aromatic heterocycles. The molecule has 0 unspecified atom stereocenters. The van der Waals surface area contributed by atoms with Crippen molar-refractivity contribution in [3.63, 3.8) is 0 Å². The molecule has 1 aliphatic carbocycles. The Labute approximate surface area is 163 Å². The fraction of sp³-hybridized carbons (Fsp3) is 0.500. The molecule has 0 bridgehead atoms. The maximum atomic E-state index is 12.1. The van der Waals surface area contributed by atoms with Crippen LogP contribution in [0.1, 0.15) is 44.6 Å². The Hall–Kier alpha value is -1.82. The fourth-order valence-corrected chi connectivity index (χ4v) is 3.42. The van der Waals surface area contributed by atoms with Crippen molar-refractivity contribution < 1.29 is 19.1 Å². The molecular formula is C20H26BrNO4. The van der Waals surface area contributed by atoms with E-state index in [0.717, 1.165) is 22.9 Å². The molecule has 0 saturated heterocycles. The van der Waals surface area contributed by atoms with Gasteiger partial charge in [0.1, 0.15) is 5.75 Å². The zero-order chi connectivity index (χ0) is 18.9. The van der Waals surface area contributed by atoms with Crippen molar-refractivity contribution in [1.82, 2.24) is 5.32 Å². The Bertz CT molecular complexity index is 653. The monoisotopic (exact) mass is 423 g/mol. The number of carbonyl (C=O) groups excluding carboxylic acids is 2. The summed E-state index contributed by atoms with van der Waals surface area (Å²) in [5.41, 5.74) is 0.744. The van der Waals surface area contributed by atoms with Gasteiger partial charge in [0.05, 0.1) is 7.11 Å². The molecule has 1 aromatic carbocycles. The second-order valence-corrected chi connectivity index (χ2v) is 7.46. The van der Waals surface area contributed by atoms with Crippen LogP contribution in [0.3, 0.4) is 0 Å². The summed E-state index contributed by atoms with van der Waals surface area (Å²) in [6.07, 6.45) is 8.16. The predicted molar refractivity (Wildman–Crippen MR) is 105 cm³/mol. The molecule has 0 aliphatic heterocycles.